The maximum atomic E-state index is 11.2. The number of carbonyl (C=O) groups is 1. The second-order valence-electron chi connectivity index (χ2n) is 4.09. The SMILES string of the molecule is COC(=O)[C@H](C)CCCCC1=CCSC=C1. The predicted octanol–water partition coefficient (Wildman–Crippen LogP) is 3.54. The van der Waals surface area contributed by atoms with Crippen LogP contribution in [-0.2, 0) is 9.53 Å². The zero-order valence-corrected chi connectivity index (χ0v) is 10.9. The highest BCUT2D eigenvalue weighted by atomic mass is 32.2. The quantitative estimate of drug-likeness (QED) is 0.524. The number of esters is 1. The van der Waals surface area contributed by atoms with Crippen LogP contribution in [0.25, 0.3) is 0 Å². The fourth-order valence-corrected chi connectivity index (χ4v) is 2.39. The first-order chi connectivity index (χ1) is 7.74. The Morgan fingerprint density at radius 1 is 1.56 bits per heavy atom. The molecule has 0 fully saturated rings. The van der Waals surface area contributed by atoms with Crippen LogP contribution in [0.3, 0.4) is 0 Å². The van der Waals surface area contributed by atoms with Crippen molar-refractivity contribution >= 4 is 17.7 Å². The number of carbonyl (C=O) groups excluding carboxylic acids is 1. The lowest BCUT2D eigenvalue weighted by Gasteiger charge is -2.09. The highest BCUT2D eigenvalue weighted by molar-refractivity contribution is 8.02. The number of allylic oxidation sites excluding steroid dienone is 2. The van der Waals surface area contributed by atoms with Gasteiger partial charge in [-0.2, -0.15) is 0 Å². The monoisotopic (exact) mass is 240 g/mol. The highest BCUT2D eigenvalue weighted by Crippen LogP contribution is 2.19. The lowest BCUT2D eigenvalue weighted by atomic mass is 10.0. The van der Waals surface area contributed by atoms with Crippen molar-refractivity contribution in [1.82, 2.24) is 0 Å². The van der Waals surface area contributed by atoms with E-state index in [9.17, 15) is 4.79 Å². The molecule has 16 heavy (non-hydrogen) atoms. The molecule has 1 aliphatic rings. The topological polar surface area (TPSA) is 26.3 Å². The van der Waals surface area contributed by atoms with E-state index in [1.54, 1.807) is 0 Å². The number of hydrogen-bond acceptors (Lipinski definition) is 3. The van der Waals surface area contributed by atoms with Crippen LogP contribution in [0, 0.1) is 5.92 Å². The molecule has 0 aromatic carbocycles. The first-order valence-corrected chi connectivity index (χ1v) is 6.84. The van der Waals surface area contributed by atoms with Crippen LogP contribution in [0.2, 0.25) is 0 Å². The largest absolute Gasteiger partial charge is 0.469 e. The van der Waals surface area contributed by atoms with E-state index in [2.05, 4.69) is 17.6 Å². The summed E-state index contributed by atoms with van der Waals surface area (Å²) in [6, 6.07) is 0. The molecule has 0 aromatic rings. The predicted molar refractivity (Wildman–Crippen MR) is 69.3 cm³/mol. The van der Waals surface area contributed by atoms with E-state index >= 15 is 0 Å². The molecule has 1 rings (SSSR count). The van der Waals surface area contributed by atoms with Crippen LogP contribution < -0.4 is 0 Å². The van der Waals surface area contributed by atoms with Gasteiger partial charge in [0.25, 0.3) is 0 Å². The molecule has 0 radical (unpaired) electrons. The minimum Gasteiger partial charge on any atom is -0.469 e. The van der Waals surface area contributed by atoms with Gasteiger partial charge < -0.3 is 4.74 Å². The molecular weight excluding hydrogens is 220 g/mol. The van der Waals surface area contributed by atoms with Gasteiger partial charge in [-0.1, -0.05) is 31.1 Å². The first-order valence-electron chi connectivity index (χ1n) is 5.79. The second-order valence-corrected chi connectivity index (χ2v) is 5.02. The van der Waals surface area contributed by atoms with Gasteiger partial charge in [0.1, 0.15) is 0 Å². The third-order valence-electron chi connectivity index (χ3n) is 2.78. The van der Waals surface area contributed by atoms with Gasteiger partial charge in [-0.15, -0.1) is 11.8 Å². The summed E-state index contributed by atoms with van der Waals surface area (Å²) in [6.07, 6.45) is 8.78. The molecule has 2 nitrogen and oxygen atoms in total. The molecule has 1 aliphatic heterocycles. The van der Waals surface area contributed by atoms with Crippen molar-refractivity contribution in [2.24, 2.45) is 5.92 Å². The maximum Gasteiger partial charge on any atom is 0.308 e. The Bertz CT molecular complexity index is 282. The molecule has 0 unspecified atom stereocenters. The fraction of sp³-hybridized carbons (Fsp3) is 0.615. The molecule has 0 bridgehead atoms. The smallest absolute Gasteiger partial charge is 0.308 e. The Morgan fingerprint density at radius 3 is 3.00 bits per heavy atom. The molecule has 1 heterocycles. The van der Waals surface area contributed by atoms with Crippen molar-refractivity contribution in [2.45, 2.75) is 32.6 Å². The average molecular weight is 240 g/mol. The summed E-state index contributed by atoms with van der Waals surface area (Å²) >= 11 is 1.83. The maximum absolute atomic E-state index is 11.2. The third kappa shape index (κ3) is 4.88. The summed E-state index contributed by atoms with van der Waals surface area (Å²) in [6.45, 7) is 1.93. The molecular formula is C13H20O2S. The lowest BCUT2D eigenvalue weighted by Crippen LogP contribution is -2.12. The molecule has 3 heteroatoms. The standard InChI is InChI=1S/C13H20O2S/c1-11(13(14)15-2)5-3-4-6-12-7-9-16-10-8-12/h7-9,11H,3-6,10H2,1-2H3/t11-/m1/s1. The van der Waals surface area contributed by atoms with Crippen LogP contribution >= 0.6 is 11.8 Å². The van der Waals surface area contributed by atoms with Crippen LogP contribution in [0.15, 0.2) is 23.1 Å². The van der Waals surface area contributed by atoms with E-state index in [1.807, 2.05) is 18.7 Å². The number of thioether (sulfide) groups is 1. The van der Waals surface area contributed by atoms with Crippen molar-refractivity contribution in [1.29, 1.82) is 0 Å². The van der Waals surface area contributed by atoms with Gasteiger partial charge >= 0.3 is 5.97 Å². The Morgan fingerprint density at radius 2 is 2.38 bits per heavy atom. The van der Waals surface area contributed by atoms with Crippen LogP contribution in [-0.4, -0.2) is 18.8 Å². The molecule has 1 atom stereocenters. The van der Waals surface area contributed by atoms with Crippen LogP contribution in [0.4, 0.5) is 0 Å². The van der Waals surface area contributed by atoms with E-state index in [0.717, 1.165) is 31.4 Å². The molecule has 0 saturated heterocycles. The fourth-order valence-electron chi connectivity index (χ4n) is 1.70. The number of hydrogen-bond donors (Lipinski definition) is 0. The summed E-state index contributed by atoms with van der Waals surface area (Å²) in [5, 5.41) is 2.16. The minimum absolute atomic E-state index is 0.0384. The molecule has 0 amide bonds. The van der Waals surface area contributed by atoms with Gasteiger partial charge in [-0.05, 0) is 24.7 Å². The average Bonchev–Trinajstić information content (AvgIpc) is 2.34. The number of rotatable bonds is 6. The van der Waals surface area contributed by atoms with Gasteiger partial charge in [-0.25, -0.2) is 0 Å². The summed E-state index contributed by atoms with van der Waals surface area (Å²) < 4.78 is 4.69. The van der Waals surface area contributed by atoms with E-state index in [4.69, 9.17) is 4.74 Å². The zero-order valence-electron chi connectivity index (χ0n) is 10.1. The summed E-state index contributed by atoms with van der Waals surface area (Å²) in [5.41, 5.74) is 1.43. The van der Waals surface area contributed by atoms with E-state index in [0.29, 0.717) is 0 Å². The van der Waals surface area contributed by atoms with E-state index < -0.39 is 0 Å². The van der Waals surface area contributed by atoms with Crippen molar-refractivity contribution < 1.29 is 9.53 Å². The minimum atomic E-state index is -0.0897. The summed E-state index contributed by atoms with van der Waals surface area (Å²) in [4.78, 5) is 11.2. The normalized spacial score (nSPS) is 16.8. The summed E-state index contributed by atoms with van der Waals surface area (Å²) in [7, 11) is 1.45. The van der Waals surface area contributed by atoms with Crippen molar-refractivity contribution in [3.05, 3.63) is 23.1 Å². The van der Waals surface area contributed by atoms with E-state index in [-0.39, 0.29) is 11.9 Å². The molecule has 0 aromatic heterocycles. The van der Waals surface area contributed by atoms with Gasteiger partial charge in [0, 0.05) is 5.75 Å². The molecule has 0 N–H and O–H groups in total. The third-order valence-corrected chi connectivity index (χ3v) is 3.46. The zero-order chi connectivity index (χ0) is 11.8. The molecule has 0 spiro atoms. The Hall–Kier alpha value is -0.700. The lowest BCUT2D eigenvalue weighted by molar-refractivity contribution is -0.145. The van der Waals surface area contributed by atoms with Gasteiger partial charge in [0.05, 0.1) is 13.0 Å². The first kappa shape index (κ1) is 13.4. The van der Waals surface area contributed by atoms with Crippen LogP contribution in [0.1, 0.15) is 32.6 Å². The van der Waals surface area contributed by atoms with Crippen molar-refractivity contribution in [3.8, 4) is 0 Å². The van der Waals surface area contributed by atoms with E-state index in [1.165, 1.54) is 12.7 Å². The molecule has 0 aliphatic carbocycles. The Labute approximate surface area is 102 Å². The second kappa shape index (κ2) is 7.55. The number of unbranched alkanes of at least 4 members (excludes halogenated alkanes) is 1. The molecule has 0 saturated carbocycles. The van der Waals surface area contributed by atoms with Crippen LogP contribution in [0.5, 0.6) is 0 Å². The highest BCUT2D eigenvalue weighted by Gasteiger charge is 2.11. The van der Waals surface area contributed by atoms with Gasteiger partial charge in [-0.3, -0.25) is 4.79 Å². The van der Waals surface area contributed by atoms with Crippen molar-refractivity contribution in [3.63, 3.8) is 0 Å². The van der Waals surface area contributed by atoms with Gasteiger partial charge in [0.2, 0.25) is 0 Å². The number of ether oxygens (including phenoxy) is 1. The van der Waals surface area contributed by atoms with Gasteiger partial charge in [0.15, 0.2) is 0 Å². The Kier molecular flexibility index (Phi) is 6.31. The van der Waals surface area contributed by atoms with Crippen molar-refractivity contribution in [2.75, 3.05) is 12.9 Å². The number of methoxy groups -OCH3 is 1. The summed E-state index contributed by atoms with van der Waals surface area (Å²) in [5.74, 6) is 1.05. The molecule has 90 valence electrons. The Balaban J connectivity index is 2.09.